The van der Waals surface area contributed by atoms with Crippen molar-refractivity contribution in [3.8, 4) is 0 Å². The molecular weight excluding hydrogens is 180 g/mol. The van der Waals surface area contributed by atoms with Crippen molar-refractivity contribution in [3.05, 3.63) is 42.0 Å². The van der Waals surface area contributed by atoms with Crippen LogP contribution in [0.25, 0.3) is 6.08 Å². The SMILES string of the molecule is NC(=S)N=CC=Cc1ccccc1. The van der Waals surface area contributed by atoms with Crippen LogP contribution in [0, 0.1) is 0 Å². The van der Waals surface area contributed by atoms with Gasteiger partial charge in [0.1, 0.15) is 0 Å². The fraction of sp³-hybridized carbons (Fsp3) is 0. The molecule has 0 atom stereocenters. The molecule has 0 spiro atoms. The Bertz CT molecular complexity index is 328. The van der Waals surface area contributed by atoms with Crippen LogP contribution in [0.2, 0.25) is 0 Å². The summed E-state index contributed by atoms with van der Waals surface area (Å²) in [5.74, 6) is 0. The minimum absolute atomic E-state index is 0.151. The van der Waals surface area contributed by atoms with Gasteiger partial charge in [0.15, 0.2) is 5.11 Å². The summed E-state index contributed by atoms with van der Waals surface area (Å²) < 4.78 is 0. The van der Waals surface area contributed by atoms with Crippen LogP contribution in [0.5, 0.6) is 0 Å². The number of nitrogens with zero attached hydrogens (tertiary/aromatic N) is 1. The van der Waals surface area contributed by atoms with Crippen LogP contribution < -0.4 is 5.73 Å². The molecule has 1 rings (SSSR count). The zero-order valence-electron chi connectivity index (χ0n) is 7.05. The molecule has 0 bridgehead atoms. The monoisotopic (exact) mass is 190 g/mol. The third kappa shape index (κ3) is 4.18. The Morgan fingerprint density at radius 1 is 1.31 bits per heavy atom. The van der Waals surface area contributed by atoms with E-state index in [0.717, 1.165) is 5.56 Å². The molecule has 0 fully saturated rings. The van der Waals surface area contributed by atoms with Gasteiger partial charge >= 0.3 is 0 Å². The molecule has 0 aliphatic rings. The molecule has 0 saturated carbocycles. The molecule has 2 nitrogen and oxygen atoms in total. The van der Waals surface area contributed by atoms with Gasteiger partial charge in [-0.1, -0.05) is 36.4 Å². The molecule has 0 radical (unpaired) electrons. The molecule has 13 heavy (non-hydrogen) atoms. The summed E-state index contributed by atoms with van der Waals surface area (Å²) in [6.45, 7) is 0. The topological polar surface area (TPSA) is 38.4 Å². The number of benzene rings is 1. The smallest absolute Gasteiger partial charge is 0.190 e. The van der Waals surface area contributed by atoms with Gasteiger partial charge in [-0.3, -0.25) is 0 Å². The van der Waals surface area contributed by atoms with Gasteiger partial charge in [-0.2, -0.15) is 0 Å². The summed E-state index contributed by atoms with van der Waals surface area (Å²) >= 11 is 4.57. The van der Waals surface area contributed by atoms with E-state index >= 15 is 0 Å². The van der Waals surface area contributed by atoms with E-state index < -0.39 is 0 Å². The number of hydrogen-bond donors (Lipinski definition) is 1. The standard InChI is InChI=1S/C10H10N2S/c11-10(13)12-8-4-7-9-5-2-1-3-6-9/h1-8H,(H2,11,13). The van der Waals surface area contributed by atoms with Crippen molar-refractivity contribution in [1.82, 2.24) is 0 Å². The molecule has 1 aromatic rings. The molecule has 0 aliphatic carbocycles. The van der Waals surface area contributed by atoms with Crippen LogP contribution in [-0.2, 0) is 0 Å². The van der Waals surface area contributed by atoms with Crippen molar-refractivity contribution in [2.75, 3.05) is 0 Å². The first-order valence-corrected chi connectivity index (χ1v) is 4.25. The summed E-state index contributed by atoms with van der Waals surface area (Å²) in [7, 11) is 0. The first-order valence-electron chi connectivity index (χ1n) is 3.84. The lowest BCUT2D eigenvalue weighted by Gasteiger charge is -1.88. The number of aliphatic imine (C=N–C) groups is 1. The predicted octanol–water partition coefficient (Wildman–Crippen LogP) is 2.01. The summed E-state index contributed by atoms with van der Waals surface area (Å²) in [6, 6.07) is 9.94. The Labute approximate surface area is 82.8 Å². The van der Waals surface area contributed by atoms with Gasteiger partial charge in [0.2, 0.25) is 0 Å². The molecule has 0 amide bonds. The molecule has 2 N–H and O–H groups in total. The van der Waals surface area contributed by atoms with Crippen molar-refractivity contribution in [2.24, 2.45) is 10.7 Å². The largest absolute Gasteiger partial charge is 0.374 e. The fourth-order valence-corrected chi connectivity index (χ4v) is 0.896. The highest BCUT2D eigenvalue weighted by Crippen LogP contribution is 1.99. The van der Waals surface area contributed by atoms with Gasteiger partial charge in [-0.05, 0) is 23.9 Å². The maximum Gasteiger partial charge on any atom is 0.190 e. The van der Waals surface area contributed by atoms with Crippen LogP contribution >= 0.6 is 12.2 Å². The first-order chi connectivity index (χ1) is 6.29. The highest BCUT2D eigenvalue weighted by atomic mass is 32.1. The Morgan fingerprint density at radius 3 is 2.62 bits per heavy atom. The highest BCUT2D eigenvalue weighted by molar-refractivity contribution is 7.80. The Balaban J connectivity index is 2.55. The van der Waals surface area contributed by atoms with Crippen LogP contribution in [0.15, 0.2) is 41.4 Å². The second-order valence-electron chi connectivity index (χ2n) is 2.39. The van der Waals surface area contributed by atoms with Gasteiger partial charge in [0.05, 0.1) is 0 Å². The molecule has 0 aliphatic heterocycles. The Morgan fingerprint density at radius 2 is 2.00 bits per heavy atom. The minimum atomic E-state index is 0.151. The average molecular weight is 190 g/mol. The molecule has 0 aromatic heterocycles. The van der Waals surface area contributed by atoms with Gasteiger partial charge in [-0.15, -0.1) is 0 Å². The lowest BCUT2D eigenvalue weighted by atomic mass is 10.2. The van der Waals surface area contributed by atoms with E-state index in [4.69, 9.17) is 5.73 Å². The van der Waals surface area contributed by atoms with Crippen molar-refractivity contribution in [3.63, 3.8) is 0 Å². The third-order valence-electron chi connectivity index (χ3n) is 1.38. The van der Waals surface area contributed by atoms with Crippen LogP contribution in [0.4, 0.5) is 0 Å². The maximum atomic E-state index is 5.17. The molecule has 3 heteroatoms. The molecular formula is C10H10N2S. The van der Waals surface area contributed by atoms with Crippen LogP contribution in [0.3, 0.4) is 0 Å². The first kappa shape index (κ1) is 9.61. The zero-order chi connectivity index (χ0) is 9.52. The number of rotatable bonds is 2. The molecule has 1 aromatic carbocycles. The molecule has 66 valence electrons. The summed E-state index contributed by atoms with van der Waals surface area (Å²) in [4.78, 5) is 3.74. The van der Waals surface area contributed by atoms with Gasteiger partial charge in [-0.25, -0.2) is 4.99 Å². The van der Waals surface area contributed by atoms with E-state index in [2.05, 4.69) is 17.2 Å². The normalized spacial score (nSPS) is 11.1. The third-order valence-corrected chi connectivity index (χ3v) is 1.48. The van der Waals surface area contributed by atoms with Gasteiger partial charge < -0.3 is 5.73 Å². The van der Waals surface area contributed by atoms with E-state index in [9.17, 15) is 0 Å². The molecule has 0 unspecified atom stereocenters. The second-order valence-corrected chi connectivity index (χ2v) is 2.80. The Hall–Kier alpha value is -1.48. The van der Waals surface area contributed by atoms with Gasteiger partial charge in [0, 0.05) is 6.21 Å². The van der Waals surface area contributed by atoms with E-state index in [1.807, 2.05) is 36.4 Å². The fourth-order valence-electron chi connectivity index (χ4n) is 0.835. The highest BCUT2D eigenvalue weighted by Gasteiger charge is 1.80. The van der Waals surface area contributed by atoms with E-state index in [1.54, 1.807) is 12.3 Å². The van der Waals surface area contributed by atoms with Crippen LogP contribution in [0.1, 0.15) is 5.56 Å². The quantitative estimate of drug-likeness (QED) is 0.572. The van der Waals surface area contributed by atoms with Crippen molar-refractivity contribution < 1.29 is 0 Å². The number of allylic oxidation sites excluding steroid dienone is 1. The zero-order valence-corrected chi connectivity index (χ0v) is 7.87. The number of thiocarbonyl (C=S) groups is 1. The van der Waals surface area contributed by atoms with Crippen molar-refractivity contribution >= 4 is 29.6 Å². The summed E-state index contributed by atoms with van der Waals surface area (Å²) in [6.07, 6.45) is 5.31. The lowest BCUT2D eigenvalue weighted by Crippen LogP contribution is -2.02. The minimum Gasteiger partial charge on any atom is -0.374 e. The average Bonchev–Trinajstić information content (AvgIpc) is 2.14. The van der Waals surface area contributed by atoms with E-state index in [-0.39, 0.29) is 5.11 Å². The molecule has 0 saturated heterocycles. The summed E-state index contributed by atoms with van der Waals surface area (Å²) in [5, 5.41) is 0.151. The Kier molecular flexibility index (Phi) is 3.85. The number of nitrogens with two attached hydrogens (primary N) is 1. The van der Waals surface area contributed by atoms with E-state index in [1.165, 1.54) is 0 Å². The van der Waals surface area contributed by atoms with Crippen LogP contribution in [-0.4, -0.2) is 11.3 Å². The predicted molar refractivity (Wildman–Crippen MR) is 60.8 cm³/mol. The van der Waals surface area contributed by atoms with Crippen molar-refractivity contribution in [2.45, 2.75) is 0 Å². The number of hydrogen-bond acceptors (Lipinski definition) is 1. The maximum absolute atomic E-state index is 5.17. The lowest BCUT2D eigenvalue weighted by molar-refractivity contribution is 1.64. The van der Waals surface area contributed by atoms with E-state index in [0.29, 0.717) is 0 Å². The van der Waals surface area contributed by atoms with Crippen molar-refractivity contribution in [1.29, 1.82) is 0 Å². The molecule has 0 heterocycles. The van der Waals surface area contributed by atoms with Gasteiger partial charge in [0.25, 0.3) is 0 Å². The second kappa shape index (κ2) is 5.22. The summed E-state index contributed by atoms with van der Waals surface area (Å²) in [5.41, 5.74) is 6.29.